The van der Waals surface area contributed by atoms with Crippen LogP contribution in [0.2, 0.25) is 0 Å². The highest BCUT2D eigenvalue weighted by Crippen LogP contribution is 2.14. The van der Waals surface area contributed by atoms with Crippen molar-refractivity contribution in [3.8, 4) is 5.75 Å². The van der Waals surface area contributed by atoms with Gasteiger partial charge in [0.15, 0.2) is 11.6 Å². The summed E-state index contributed by atoms with van der Waals surface area (Å²) in [5.74, 6) is -0.500. The van der Waals surface area contributed by atoms with Crippen molar-refractivity contribution in [1.29, 1.82) is 0 Å². The molecule has 1 rings (SSSR count). The maximum absolute atomic E-state index is 10.9. The summed E-state index contributed by atoms with van der Waals surface area (Å²) < 4.78 is 5.87. The molecule has 1 heterocycles. The molecule has 1 aromatic heterocycles. The maximum atomic E-state index is 10.9. The van der Waals surface area contributed by atoms with Crippen molar-refractivity contribution < 1.29 is 9.53 Å². The number of aryl methyl sites for hydroxylation is 1. The fraction of sp³-hybridized carbons (Fsp3) is 0.286. The Morgan fingerprint density at radius 1 is 1.69 bits per heavy atom. The molecule has 0 saturated heterocycles. The lowest BCUT2D eigenvalue weighted by Crippen LogP contribution is -2.21. The summed E-state index contributed by atoms with van der Waals surface area (Å²) in [7, 11) is 1.49. The van der Waals surface area contributed by atoms with Crippen LogP contribution >= 0.6 is 0 Å². The minimum Gasteiger partial charge on any atom is -0.421 e. The molecule has 0 bridgehead atoms. The Balaban J connectivity index is 3.16. The van der Waals surface area contributed by atoms with Gasteiger partial charge in [0.05, 0.1) is 6.20 Å². The molecule has 2 N–H and O–H groups in total. The first-order valence-corrected chi connectivity index (χ1v) is 3.52. The van der Waals surface area contributed by atoms with E-state index in [4.69, 9.17) is 10.5 Å². The first kappa shape index (κ1) is 9.24. The normalized spacial score (nSPS) is 9.69. The molecule has 70 valence electrons. The van der Waals surface area contributed by atoms with E-state index in [0.29, 0.717) is 0 Å². The van der Waals surface area contributed by atoms with Gasteiger partial charge in [-0.15, -0.1) is 0 Å². The number of nitrogens with zero attached hydrogens (tertiary/aromatic N) is 2. The Kier molecular flexibility index (Phi) is 2.32. The van der Waals surface area contributed by atoms with Gasteiger partial charge >= 0.3 is 11.7 Å². The van der Waals surface area contributed by atoms with Crippen LogP contribution in [-0.2, 0) is 11.8 Å². The van der Waals surface area contributed by atoms with E-state index in [1.807, 2.05) is 0 Å². The Labute approximate surface area is 74.0 Å². The zero-order valence-electron chi connectivity index (χ0n) is 7.27. The number of nitrogen functional groups attached to an aromatic ring is 1. The van der Waals surface area contributed by atoms with Crippen LogP contribution in [-0.4, -0.2) is 15.5 Å². The van der Waals surface area contributed by atoms with E-state index in [0.717, 1.165) is 0 Å². The zero-order chi connectivity index (χ0) is 10.0. The van der Waals surface area contributed by atoms with E-state index in [1.165, 1.54) is 24.7 Å². The third kappa shape index (κ3) is 2.05. The first-order valence-electron chi connectivity index (χ1n) is 3.52. The highest BCUT2D eigenvalue weighted by Gasteiger charge is 2.06. The molecule has 0 fully saturated rings. The Bertz CT molecular complexity index is 396. The standard InChI is InChI=1S/C7H9N3O3/c1-4(11)13-5-3-10(2)7(12)9-6(5)8/h3H,1-2H3,(H2,8,9,12). The van der Waals surface area contributed by atoms with Gasteiger partial charge in [0.1, 0.15) is 0 Å². The molecule has 0 aliphatic heterocycles. The van der Waals surface area contributed by atoms with Gasteiger partial charge in [0, 0.05) is 14.0 Å². The van der Waals surface area contributed by atoms with Crippen molar-refractivity contribution >= 4 is 11.8 Å². The summed E-state index contributed by atoms with van der Waals surface area (Å²) in [6, 6.07) is 0. The van der Waals surface area contributed by atoms with Crippen molar-refractivity contribution in [2.75, 3.05) is 5.73 Å². The van der Waals surface area contributed by atoms with Gasteiger partial charge in [-0.05, 0) is 0 Å². The molecule has 13 heavy (non-hydrogen) atoms. The van der Waals surface area contributed by atoms with Crippen LogP contribution in [0.3, 0.4) is 0 Å². The monoisotopic (exact) mass is 183 g/mol. The third-order valence-corrected chi connectivity index (χ3v) is 1.33. The lowest BCUT2D eigenvalue weighted by Gasteiger charge is -2.04. The summed E-state index contributed by atoms with van der Waals surface area (Å²) >= 11 is 0. The average molecular weight is 183 g/mol. The average Bonchev–Trinajstić information content (AvgIpc) is 1.99. The van der Waals surface area contributed by atoms with Crippen LogP contribution in [0.1, 0.15) is 6.92 Å². The summed E-state index contributed by atoms with van der Waals surface area (Å²) in [6.07, 6.45) is 1.31. The Morgan fingerprint density at radius 3 is 2.85 bits per heavy atom. The van der Waals surface area contributed by atoms with Gasteiger partial charge in [0.25, 0.3) is 0 Å². The smallest absolute Gasteiger partial charge is 0.349 e. The van der Waals surface area contributed by atoms with Crippen LogP contribution in [0.4, 0.5) is 5.82 Å². The summed E-state index contributed by atoms with van der Waals surface area (Å²) in [4.78, 5) is 24.9. The zero-order valence-corrected chi connectivity index (χ0v) is 7.27. The number of ether oxygens (including phenoxy) is 1. The van der Waals surface area contributed by atoms with Crippen molar-refractivity contribution in [3.05, 3.63) is 16.7 Å². The molecular formula is C7H9N3O3. The van der Waals surface area contributed by atoms with Crippen LogP contribution in [0.25, 0.3) is 0 Å². The second-order valence-corrected chi connectivity index (χ2v) is 2.48. The third-order valence-electron chi connectivity index (χ3n) is 1.33. The summed E-state index contributed by atoms with van der Waals surface area (Å²) in [6.45, 7) is 1.24. The highest BCUT2D eigenvalue weighted by atomic mass is 16.5. The fourth-order valence-corrected chi connectivity index (χ4v) is 0.768. The molecule has 1 aromatic rings. The Morgan fingerprint density at radius 2 is 2.31 bits per heavy atom. The lowest BCUT2D eigenvalue weighted by atomic mass is 10.5. The van der Waals surface area contributed by atoms with Gasteiger partial charge in [-0.3, -0.25) is 9.36 Å². The van der Waals surface area contributed by atoms with E-state index in [-0.39, 0.29) is 11.6 Å². The van der Waals surface area contributed by atoms with Crippen LogP contribution in [0.5, 0.6) is 5.75 Å². The molecular weight excluding hydrogens is 174 g/mol. The molecule has 0 atom stereocenters. The van der Waals surface area contributed by atoms with Crippen molar-refractivity contribution in [1.82, 2.24) is 9.55 Å². The lowest BCUT2D eigenvalue weighted by molar-refractivity contribution is -0.131. The number of anilines is 1. The SMILES string of the molecule is CC(=O)Oc1cn(C)c(=O)nc1N. The molecule has 0 aliphatic carbocycles. The highest BCUT2D eigenvalue weighted by molar-refractivity contribution is 5.70. The largest absolute Gasteiger partial charge is 0.421 e. The number of hydrogen-bond donors (Lipinski definition) is 1. The Hall–Kier alpha value is -1.85. The maximum Gasteiger partial charge on any atom is 0.349 e. The molecule has 0 amide bonds. The van der Waals surface area contributed by atoms with Crippen LogP contribution in [0.15, 0.2) is 11.0 Å². The second kappa shape index (κ2) is 3.26. The van der Waals surface area contributed by atoms with Gasteiger partial charge in [0.2, 0.25) is 0 Å². The molecule has 0 aliphatic rings. The molecule has 6 nitrogen and oxygen atoms in total. The van der Waals surface area contributed by atoms with Gasteiger partial charge in [-0.1, -0.05) is 0 Å². The number of esters is 1. The van der Waals surface area contributed by atoms with Gasteiger partial charge in [-0.25, -0.2) is 4.79 Å². The molecule has 0 aromatic carbocycles. The number of carbonyl (C=O) groups is 1. The van der Waals surface area contributed by atoms with E-state index in [9.17, 15) is 9.59 Å². The molecule has 0 unspecified atom stereocenters. The van der Waals surface area contributed by atoms with Crippen LogP contribution < -0.4 is 16.2 Å². The first-order chi connectivity index (χ1) is 6.00. The number of nitrogens with two attached hydrogens (primary N) is 1. The number of rotatable bonds is 1. The molecule has 0 spiro atoms. The molecule has 6 heteroatoms. The quantitative estimate of drug-likeness (QED) is 0.581. The predicted molar refractivity (Wildman–Crippen MR) is 45.2 cm³/mol. The summed E-state index contributed by atoms with van der Waals surface area (Å²) in [5, 5.41) is 0. The molecule has 0 radical (unpaired) electrons. The second-order valence-electron chi connectivity index (χ2n) is 2.48. The minimum absolute atomic E-state index is 0.0849. The van der Waals surface area contributed by atoms with Gasteiger partial charge < -0.3 is 10.5 Å². The van der Waals surface area contributed by atoms with Crippen molar-refractivity contribution in [2.45, 2.75) is 6.92 Å². The van der Waals surface area contributed by atoms with Gasteiger partial charge in [-0.2, -0.15) is 4.98 Å². The van der Waals surface area contributed by atoms with E-state index < -0.39 is 11.7 Å². The summed E-state index contributed by atoms with van der Waals surface area (Å²) in [5.41, 5.74) is 4.84. The van der Waals surface area contributed by atoms with E-state index >= 15 is 0 Å². The molecule has 0 saturated carbocycles. The van der Waals surface area contributed by atoms with E-state index in [1.54, 1.807) is 0 Å². The number of aromatic nitrogens is 2. The number of carbonyl (C=O) groups excluding carboxylic acids is 1. The van der Waals surface area contributed by atoms with E-state index in [2.05, 4.69) is 4.98 Å². The topological polar surface area (TPSA) is 87.2 Å². The van der Waals surface area contributed by atoms with Crippen LogP contribution in [0, 0.1) is 0 Å². The number of hydrogen-bond acceptors (Lipinski definition) is 5. The van der Waals surface area contributed by atoms with Crippen molar-refractivity contribution in [3.63, 3.8) is 0 Å². The van der Waals surface area contributed by atoms with Crippen molar-refractivity contribution in [2.24, 2.45) is 7.05 Å². The minimum atomic E-state index is -0.507. The fourth-order valence-electron chi connectivity index (χ4n) is 0.768. The predicted octanol–water partition coefficient (Wildman–Crippen LogP) is -0.712.